The van der Waals surface area contributed by atoms with Gasteiger partial charge in [-0.15, -0.1) is 0 Å². The Kier molecular flexibility index (Phi) is 5.89. The van der Waals surface area contributed by atoms with E-state index in [9.17, 15) is 4.79 Å². The van der Waals surface area contributed by atoms with E-state index >= 15 is 0 Å². The lowest BCUT2D eigenvalue weighted by molar-refractivity contribution is 0.0692. The predicted octanol–water partition coefficient (Wildman–Crippen LogP) is 3.74. The summed E-state index contributed by atoms with van der Waals surface area (Å²) in [6.07, 6.45) is 5.22. The quantitative estimate of drug-likeness (QED) is 0.853. The van der Waals surface area contributed by atoms with Crippen LogP contribution in [0.1, 0.15) is 30.1 Å². The summed E-state index contributed by atoms with van der Waals surface area (Å²) in [5.74, 6) is 1.20. The minimum atomic E-state index is 0.0212. The monoisotopic (exact) mass is 359 g/mol. The molecule has 1 aromatic heterocycles. The normalized spacial score (nSPS) is 16.6. The number of benzene rings is 1. The summed E-state index contributed by atoms with van der Waals surface area (Å²) in [7, 11) is 0. The molecule has 1 aromatic carbocycles. The van der Waals surface area contributed by atoms with Crippen molar-refractivity contribution in [1.29, 1.82) is 0 Å². The lowest BCUT2D eigenvalue weighted by atomic mass is 10.1. The Hall–Kier alpha value is -2.11. The first kappa shape index (κ1) is 17.7. The highest BCUT2D eigenvalue weighted by molar-refractivity contribution is 6.32. The van der Waals surface area contributed by atoms with Crippen molar-refractivity contribution < 1.29 is 9.53 Å². The van der Waals surface area contributed by atoms with Crippen molar-refractivity contribution in [1.82, 2.24) is 15.2 Å². The number of carbonyl (C=O) groups is 1. The van der Waals surface area contributed by atoms with E-state index in [1.807, 2.05) is 4.90 Å². The maximum Gasteiger partial charge on any atom is 0.254 e. The van der Waals surface area contributed by atoms with E-state index in [0.29, 0.717) is 22.1 Å². The SMILES string of the molecule is CCCN(C(=O)c1ccc(Oc2ccncc2)c(Cl)c1)[C@H]1CCNC1. The number of pyridine rings is 1. The third-order valence-electron chi connectivity index (χ3n) is 4.26. The van der Waals surface area contributed by atoms with Crippen LogP contribution in [0.5, 0.6) is 11.5 Å². The Labute approximate surface area is 153 Å². The van der Waals surface area contributed by atoms with Crippen LogP contribution >= 0.6 is 11.6 Å². The Bertz CT molecular complexity index is 718. The highest BCUT2D eigenvalue weighted by atomic mass is 35.5. The maximum atomic E-state index is 12.9. The number of amides is 1. The van der Waals surface area contributed by atoms with Crippen molar-refractivity contribution >= 4 is 17.5 Å². The molecule has 0 spiro atoms. The van der Waals surface area contributed by atoms with Gasteiger partial charge in [0.1, 0.15) is 11.5 Å². The summed E-state index contributed by atoms with van der Waals surface area (Å²) in [5.41, 5.74) is 0.590. The molecule has 1 fully saturated rings. The van der Waals surface area contributed by atoms with E-state index in [2.05, 4.69) is 17.2 Å². The number of nitrogens with zero attached hydrogens (tertiary/aromatic N) is 2. The molecule has 1 amide bonds. The fraction of sp³-hybridized carbons (Fsp3) is 0.368. The second-order valence-electron chi connectivity index (χ2n) is 6.08. The number of nitrogens with one attached hydrogen (secondary N) is 1. The fourth-order valence-electron chi connectivity index (χ4n) is 3.01. The molecule has 132 valence electrons. The molecule has 1 atom stereocenters. The van der Waals surface area contributed by atoms with Gasteiger partial charge in [-0.1, -0.05) is 18.5 Å². The van der Waals surface area contributed by atoms with Crippen LogP contribution in [0, 0.1) is 0 Å². The zero-order chi connectivity index (χ0) is 17.6. The molecule has 2 heterocycles. The zero-order valence-electron chi connectivity index (χ0n) is 14.2. The van der Waals surface area contributed by atoms with Crippen molar-refractivity contribution in [3.05, 3.63) is 53.3 Å². The summed E-state index contributed by atoms with van der Waals surface area (Å²) < 4.78 is 5.74. The molecule has 0 bridgehead atoms. The van der Waals surface area contributed by atoms with Crippen LogP contribution in [-0.2, 0) is 0 Å². The average molecular weight is 360 g/mol. The molecule has 1 aliphatic rings. The molecule has 1 N–H and O–H groups in total. The lowest BCUT2D eigenvalue weighted by Gasteiger charge is -2.28. The van der Waals surface area contributed by atoms with Gasteiger partial charge in [0.15, 0.2) is 0 Å². The van der Waals surface area contributed by atoms with Gasteiger partial charge in [-0.25, -0.2) is 0 Å². The van der Waals surface area contributed by atoms with Gasteiger partial charge in [0, 0.05) is 37.1 Å². The Morgan fingerprint density at radius 2 is 2.16 bits per heavy atom. The fourth-order valence-corrected chi connectivity index (χ4v) is 3.23. The number of rotatable bonds is 6. The smallest absolute Gasteiger partial charge is 0.254 e. The van der Waals surface area contributed by atoms with Crippen LogP contribution in [0.4, 0.5) is 0 Å². The van der Waals surface area contributed by atoms with Gasteiger partial charge in [-0.05, 0) is 49.7 Å². The third kappa shape index (κ3) is 4.30. The first-order valence-corrected chi connectivity index (χ1v) is 8.96. The van der Waals surface area contributed by atoms with Gasteiger partial charge >= 0.3 is 0 Å². The highest BCUT2D eigenvalue weighted by Crippen LogP contribution is 2.30. The largest absolute Gasteiger partial charge is 0.456 e. The number of hydrogen-bond donors (Lipinski definition) is 1. The number of carbonyl (C=O) groups excluding carboxylic acids is 1. The molecule has 0 unspecified atom stereocenters. The second kappa shape index (κ2) is 8.32. The van der Waals surface area contributed by atoms with Crippen LogP contribution in [0.25, 0.3) is 0 Å². The number of aromatic nitrogens is 1. The van der Waals surface area contributed by atoms with Crippen LogP contribution < -0.4 is 10.1 Å². The molecule has 25 heavy (non-hydrogen) atoms. The van der Waals surface area contributed by atoms with E-state index in [1.165, 1.54) is 0 Å². The lowest BCUT2D eigenvalue weighted by Crippen LogP contribution is -2.42. The maximum absolute atomic E-state index is 12.9. The first-order chi connectivity index (χ1) is 12.2. The average Bonchev–Trinajstić information content (AvgIpc) is 3.16. The van der Waals surface area contributed by atoms with Gasteiger partial charge in [0.25, 0.3) is 5.91 Å². The number of ether oxygens (including phenoxy) is 1. The minimum absolute atomic E-state index is 0.0212. The summed E-state index contributed by atoms with van der Waals surface area (Å²) >= 11 is 6.34. The molecular formula is C19H22ClN3O2. The summed E-state index contributed by atoms with van der Waals surface area (Å²) in [6, 6.07) is 8.96. The highest BCUT2D eigenvalue weighted by Gasteiger charge is 2.27. The molecule has 6 heteroatoms. The summed E-state index contributed by atoms with van der Waals surface area (Å²) in [6.45, 7) is 4.64. The minimum Gasteiger partial charge on any atom is -0.456 e. The summed E-state index contributed by atoms with van der Waals surface area (Å²) in [4.78, 5) is 18.8. The van der Waals surface area contributed by atoms with Crippen molar-refractivity contribution in [3.63, 3.8) is 0 Å². The Morgan fingerprint density at radius 1 is 1.36 bits per heavy atom. The summed E-state index contributed by atoms with van der Waals surface area (Å²) in [5, 5.41) is 3.74. The van der Waals surface area contributed by atoms with Crippen molar-refractivity contribution in [3.8, 4) is 11.5 Å². The Morgan fingerprint density at radius 3 is 2.80 bits per heavy atom. The van der Waals surface area contributed by atoms with E-state index in [0.717, 1.165) is 32.5 Å². The Balaban J connectivity index is 1.77. The standard InChI is InChI=1S/C19H22ClN3O2/c1-2-11-23(15-5-8-22-13-15)19(24)14-3-4-18(17(20)12-14)25-16-6-9-21-10-7-16/h3-4,6-7,9-10,12,15,22H,2,5,8,11,13H2,1H3/t15-/m0/s1. The third-order valence-corrected chi connectivity index (χ3v) is 4.55. The molecule has 0 saturated carbocycles. The van der Waals surface area contributed by atoms with Crippen molar-refractivity contribution in [2.24, 2.45) is 0 Å². The topological polar surface area (TPSA) is 54.5 Å². The van der Waals surface area contributed by atoms with Gasteiger partial charge < -0.3 is 15.0 Å². The van der Waals surface area contributed by atoms with E-state index in [4.69, 9.17) is 16.3 Å². The molecule has 0 aliphatic carbocycles. The molecule has 5 nitrogen and oxygen atoms in total. The van der Waals surface area contributed by atoms with Crippen LogP contribution in [0.2, 0.25) is 5.02 Å². The van der Waals surface area contributed by atoms with Crippen LogP contribution in [-0.4, -0.2) is 41.5 Å². The molecule has 2 aromatic rings. The molecule has 0 radical (unpaired) electrons. The number of halogens is 1. The number of hydrogen-bond acceptors (Lipinski definition) is 4. The van der Waals surface area contributed by atoms with E-state index in [1.54, 1.807) is 42.7 Å². The van der Waals surface area contributed by atoms with Crippen LogP contribution in [0.15, 0.2) is 42.7 Å². The first-order valence-electron chi connectivity index (χ1n) is 8.58. The molecule has 1 aliphatic heterocycles. The zero-order valence-corrected chi connectivity index (χ0v) is 15.0. The molecule has 3 rings (SSSR count). The van der Waals surface area contributed by atoms with Gasteiger partial charge in [-0.3, -0.25) is 9.78 Å². The molecule has 1 saturated heterocycles. The molecular weight excluding hydrogens is 338 g/mol. The van der Waals surface area contributed by atoms with Crippen molar-refractivity contribution in [2.75, 3.05) is 19.6 Å². The van der Waals surface area contributed by atoms with Gasteiger partial charge in [0.2, 0.25) is 0 Å². The van der Waals surface area contributed by atoms with Crippen LogP contribution in [0.3, 0.4) is 0 Å². The van der Waals surface area contributed by atoms with E-state index < -0.39 is 0 Å². The van der Waals surface area contributed by atoms with E-state index in [-0.39, 0.29) is 11.9 Å². The predicted molar refractivity (Wildman–Crippen MR) is 98.4 cm³/mol. The second-order valence-corrected chi connectivity index (χ2v) is 6.48. The van der Waals surface area contributed by atoms with Gasteiger partial charge in [0.05, 0.1) is 5.02 Å². The van der Waals surface area contributed by atoms with Crippen molar-refractivity contribution in [2.45, 2.75) is 25.8 Å². The van der Waals surface area contributed by atoms with Gasteiger partial charge in [-0.2, -0.15) is 0 Å².